The number of carboxylic acid groups (broad SMARTS) is 1. The van der Waals surface area contributed by atoms with Crippen molar-refractivity contribution >= 4 is 5.97 Å². The number of morpholine rings is 1. The van der Waals surface area contributed by atoms with Crippen molar-refractivity contribution in [2.45, 2.75) is 19.1 Å². The summed E-state index contributed by atoms with van der Waals surface area (Å²) in [5.41, 5.74) is 0. The van der Waals surface area contributed by atoms with Gasteiger partial charge in [0.1, 0.15) is 6.04 Å². The molecule has 0 amide bonds. The number of nitrogens with zero attached hydrogens (tertiary/aromatic N) is 1. The quantitative estimate of drug-likeness (QED) is 0.575. The maximum atomic E-state index is 10.7. The number of ether oxygens (including phenoxy) is 1. The lowest BCUT2D eigenvalue weighted by Gasteiger charge is -2.34. The zero-order chi connectivity index (χ0) is 8.43. The third kappa shape index (κ3) is 1.70. The number of carbonyl (C=O) groups is 1. The first-order valence-electron chi connectivity index (χ1n) is 3.67. The van der Waals surface area contributed by atoms with Gasteiger partial charge in [0.2, 0.25) is 0 Å². The number of carboxylic acids is 1. The van der Waals surface area contributed by atoms with Crippen LogP contribution in [0.15, 0.2) is 0 Å². The summed E-state index contributed by atoms with van der Waals surface area (Å²) in [6, 6.07) is -0.483. The molecule has 0 radical (unpaired) electrons. The molecule has 1 aliphatic rings. The van der Waals surface area contributed by atoms with Crippen molar-refractivity contribution in [3.8, 4) is 0 Å². The van der Waals surface area contributed by atoms with Gasteiger partial charge in [0.05, 0.1) is 12.7 Å². The van der Waals surface area contributed by atoms with Crippen molar-refractivity contribution in [3.63, 3.8) is 0 Å². The molecule has 0 bridgehead atoms. The Morgan fingerprint density at radius 1 is 1.73 bits per heavy atom. The summed E-state index contributed by atoms with van der Waals surface area (Å²) in [5.74, 6) is -0.806. The Labute approximate surface area is 65.8 Å². The van der Waals surface area contributed by atoms with E-state index < -0.39 is 12.0 Å². The molecule has 0 spiro atoms. The minimum atomic E-state index is -0.806. The zero-order valence-corrected chi connectivity index (χ0v) is 6.78. The standard InChI is InChI=1S/C7H13NO3/c1-5-6(7(9)10)8(2)3-4-11-5/h5-6H,3-4H2,1-2H3,(H,9,10)/t5-,6+/m0/s1. The molecule has 1 fully saturated rings. The Morgan fingerprint density at radius 3 is 2.73 bits per heavy atom. The second-order valence-corrected chi connectivity index (χ2v) is 2.84. The van der Waals surface area contributed by atoms with Gasteiger partial charge in [0.15, 0.2) is 0 Å². The van der Waals surface area contributed by atoms with E-state index >= 15 is 0 Å². The second-order valence-electron chi connectivity index (χ2n) is 2.84. The van der Waals surface area contributed by atoms with Crippen molar-refractivity contribution < 1.29 is 14.6 Å². The van der Waals surface area contributed by atoms with Gasteiger partial charge in [-0.1, -0.05) is 0 Å². The molecule has 2 atom stereocenters. The maximum Gasteiger partial charge on any atom is 0.323 e. The molecule has 0 aliphatic carbocycles. The Balaban J connectivity index is 2.62. The van der Waals surface area contributed by atoms with Crippen LogP contribution in [0.5, 0.6) is 0 Å². The Bertz CT molecular complexity index is 150. The van der Waals surface area contributed by atoms with Crippen LogP contribution in [0, 0.1) is 0 Å². The molecule has 0 saturated carbocycles. The highest BCUT2D eigenvalue weighted by atomic mass is 16.5. The van der Waals surface area contributed by atoms with E-state index in [0.717, 1.165) is 0 Å². The summed E-state index contributed by atoms with van der Waals surface area (Å²) in [6.45, 7) is 3.11. The number of rotatable bonds is 1. The fourth-order valence-electron chi connectivity index (χ4n) is 1.36. The van der Waals surface area contributed by atoms with Crippen LogP contribution in [0.2, 0.25) is 0 Å². The van der Waals surface area contributed by atoms with Crippen LogP contribution in [0.4, 0.5) is 0 Å². The summed E-state index contributed by atoms with van der Waals surface area (Å²) < 4.78 is 5.20. The van der Waals surface area contributed by atoms with Crippen LogP contribution in [-0.2, 0) is 9.53 Å². The van der Waals surface area contributed by atoms with Gasteiger partial charge in [0.25, 0.3) is 0 Å². The van der Waals surface area contributed by atoms with Gasteiger partial charge in [-0.15, -0.1) is 0 Å². The lowest BCUT2D eigenvalue weighted by atomic mass is 10.1. The van der Waals surface area contributed by atoms with E-state index in [-0.39, 0.29) is 6.10 Å². The third-order valence-electron chi connectivity index (χ3n) is 2.00. The zero-order valence-electron chi connectivity index (χ0n) is 6.78. The summed E-state index contributed by atoms with van der Waals surface area (Å²) in [7, 11) is 1.80. The minimum Gasteiger partial charge on any atom is -0.480 e. The van der Waals surface area contributed by atoms with Gasteiger partial charge < -0.3 is 9.84 Å². The van der Waals surface area contributed by atoms with Crippen LogP contribution in [0.1, 0.15) is 6.92 Å². The Kier molecular flexibility index (Phi) is 2.46. The maximum absolute atomic E-state index is 10.7. The van der Waals surface area contributed by atoms with Gasteiger partial charge >= 0.3 is 5.97 Å². The summed E-state index contributed by atoms with van der Waals surface area (Å²) in [4.78, 5) is 12.5. The third-order valence-corrected chi connectivity index (χ3v) is 2.00. The van der Waals surface area contributed by atoms with Gasteiger partial charge in [0, 0.05) is 6.54 Å². The Morgan fingerprint density at radius 2 is 2.36 bits per heavy atom. The van der Waals surface area contributed by atoms with Gasteiger partial charge in [-0.25, -0.2) is 0 Å². The predicted molar refractivity (Wildman–Crippen MR) is 39.5 cm³/mol. The Hall–Kier alpha value is -0.610. The first kappa shape index (κ1) is 8.49. The average Bonchev–Trinajstić information content (AvgIpc) is 1.85. The van der Waals surface area contributed by atoms with Crippen LogP contribution in [0.3, 0.4) is 0 Å². The normalized spacial score (nSPS) is 33.6. The van der Waals surface area contributed by atoms with Crippen LogP contribution in [-0.4, -0.2) is 48.3 Å². The van der Waals surface area contributed by atoms with Crippen molar-refractivity contribution in [1.29, 1.82) is 0 Å². The van der Waals surface area contributed by atoms with E-state index in [0.29, 0.717) is 13.2 Å². The molecule has 4 nitrogen and oxygen atoms in total. The monoisotopic (exact) mass is 159 g/mol. The molecule has 1 aliphatic heterocycles. The lowest BCUT2D eigenvalue weighted by Crippen LogP contribution is -2.52. The average molecular weight is 159 g/mol. The molecule has 11 heavy (non-hydrogen) atoms. The van der Waals surface area contributed by atoms with Crippen LogP contribution in [0.25, 0.3) is 0 Å². The first-order valence-corrected chi connectivity index (χ1v) is 3.67. The van der Waals surface area contributed by atoms with E-state index in [2.05, 4.69) is 0 Å². The molecule has 64 valence electrons. The summed E-state index contributed by atoms with van der Waals surface area (Å²) in [6.07, 6.45) is -0.203. The van der Waals surface area contributed by atoms with E-state index in [1.165, 1.54) is 0 Å². The molecule has 0 aromatic heterocycles. The molecule has 0 aromatic carbocycles. The topological polar surface area (TPSA) is 49.8 Å². The smallest absolute Gasteiger partial charge is 0.323 e. The second kappa shape index (κ2) is 3.19. The van der Waals surface area contributed by atoms with E-state index in [1.807, 2.05) is 0 Å². The highest BCUT2D eigenvalue weighted by molar-refractivity contribution is 5.74. The van der Waals surface area contributed by atoms with E-state index in [9.17, 15) is 4.79 Å². The molecular formula is C7H13NO3. The van der Waals surface area contributed by atoms with Crippen molar-refractivity contribution in [2.24, 2.45) is 0 Å². The highest BCUT2D eigenvalue weighted by Crippen LogP contribution is 2.11. The summed E-state index contributed by atoms with van der Waals surface area (Å²) >= 11 is 0. The lowest BCUT2D eigenvalue weighted by molar-refractivity contribution is -0.154. The van der Waals surface area contributed by atoms with E-state index in [1.54, 1.807) is 18.9 Å². The molecule has 1 N–H and O–H groups in total. The number of hydrogen-bond donors (Lipinski definition) is 1. The van der Waals surface area contributed by atoms with Gasteiger partial charge in [-0.3, -0.25) is 9.69 Å². The number of aliphatic carboxylic acids is 1. The van der Waals surface area contributed by atoms with Crippen molar-refractivity contribution in [1.82, 2.24) is 4.90 Å². The molecular weight excluding hydrogens is 146 g/mol. The number of hydrogen-bond acceptors (Lipinski definition) is 3. The van der Waals surface area contributed by atoms with Crippen LogP contribution < -0.4 is 0 Å². The number of likely N-dealkylation sites (N-methyl/N-ethyl adjacent to an activating group) is 1. The first-order chi connectivity index (χ1) is 5.13. The van der Waals surface area contributed by atoms with Gasteiger partial charge in [-0.2, -0.15) is 0 Å². The fourth-order valence-corrected chi connectivity index (χ4v) is 1.36. The summed E-state index contributed by atoms with van der Waals surface area (Å²) in [5, 5.41) is 8.76. The predicted octanol–water partition coefficient (Wildman–Crippen LogP) is -0.210. The van der Waals surface area contributed by atoms with Crippen molar-refractivity contribution in [2.75, 3.05) is 20.2 Å². The minimum absolute atomic E-state index is 0.203. The largest absolute Gasteiger partial charge is 0.480 e. The van der Waals surface area contributed by atoms with Gasteiger partial charge in [-0.05, 0) is 14.0 Å². The fraction of sp³-hybridized carbons (Fsp3) is 0.857. The van der Waals surface area contributed by atoms with Crippen molar-refractivity contribution in [3.05, 3.63) is 0 Å². The molecule has 0 aromatic rings. The van der Waals surface area contributed by atoms with E-state index in [4.69, 9.17) is 9.84 Å². The SMILES string of the molecule is C[C@@H]1OCCN(C)[C@H]1C(=O)O. The molecule has 4 heteroatoms. The van der Waals surface area contributed by atoms with Crippen LogP contribution >= 0.6 is 0 Å². The molecule has 0 unspecified atom stereocenters. The molecule has 1 saturated heterocycles. The highest BCUT2D eigenvalue weighted by Gasteiger charge is 2.32. The molecule has 1 heterocycles. The molecule has 1 rings (SSSR count).